The topological polar surface area (TPSA) is 70.2 Å². The molecule has 2 N–H and O–H groups in total. The van der Waals surface area contributed by atoms with E-state index in [1.165, 1.54) is 12.4 Å². The number of rotatable bonds is 6. The maximum absolute atomic E-state index is 12.2. The van der Waals surface area contributed by atoms with Crippen LogP contribution in [0.15, 0.2) is 30.6 Å². The first-order chi connectivity index (χ1) is 11.0. The number of aryl methyl sites for hydroxylation is 2. The summed E-state index contributed by atoms with van der Waals surface area (Å²) in [7, 11) is 4.01. The first kappa shape index (κ1) is 16.9. The van der Waals surface area contributed by atoms with Crippen LogP contribution in [0.2, 0.25) is 0 Å². The van der Waals surface area contributed by atoms with Crippen molar-refractivity contribution in [3.63, 3.8) is 0 Å². The summed E-state index contributed by atoms with van der Waals surface area (Å²) in [5.41, 5.74) is 3.43. The quantitative estimate of drug-likeness (QED) is 0.856. The standard InChI is InChI=1S/C17H23N5O/c1-12-5-6-15(13(2)9-12)21-16(23)14-10-19-17(20-11-14)18-7-8-22(3)4/h5-6,9-11H,7-8H2,1-4H3,(H,21,23)(H,18,19,20). The van der Waals surface area contributed by atoms with Crippen molar-refractivity contribution in [1.82, 2.24) is 14.9 Å². The number of amides is 1. The number of hydrogen-bond acceptors (Lipinski definition) is 5. The highest BCUT2D eigenvalue weighted by atomic mass is 16.1. The smallest absolute Gasteiger partial charge is 0.258 e. The summed E-state index contributed by atoms with van der Waals surface area (Å²) in [4.78, 5) is 22.7. The molecule has 0 bridgehead atoms. The number of benzene rings is 1. The van der Waals surface area contributed by atoms with Gasteiger partial charge in [-0.25, -0.2) is 9.97 Å². The van der Waals surface area contributed by atoms with E-state index in [1.54, 1.807) is 0 Å². The van der Waals surface area contributed by atoms with E-state index < -0.39 is 0 Å². The van der Waals surface area contributed by atoms with Gasteiger partial charge in [-0.1, -0.05) is 17.7 Å². The van der Waals surface area contributed by atoms with Crippen molar-refractivity contribution in [3.05, 3.63) is 47.3 Å². The largest absolute Gasteiger partial charge is 0.353 e. The molecular weight excluding hydrogens is 290 g/mol. The average Bonchev–Trinajstić information content (AvgIpc) is 2.50. The molecule has 2 rings (SSSR count). The number of carbonyl (C=O) groups is 1. The molecule has 1 aromatic carbocycles. The summed E-state index contributed by atoms with van der Waals surface area (Å²) >= 11 is 0. The van der Waals surface area contributed by atoms with E-state index in [1.807, 2.05) is 46.1 Å². The summed E-state index contributed by atoms with van der Waals surface area (Å²) < 4.78 is 0. The molecule has 0 aliphatic heterocycles. The Hall–Kier alpha value is -2.47. The zero-order valence-electron chi connectivity index (χ0n) is 14.1. The van der Waals surface area contributed by atoms with Crippen LogP contribution in [-0.4, -0.2) is 48.0 Å². The number of nitrogens with one attached hydrogen (secondary N) is 2. The van der Waals surface area contributed by atoms with Gasteiger partial charge in [0.2, 0.25) is 5.95 Å². The molecule has 0 saturated heterocycles. The third kappa shape index (κ3) is 5.03. The molecule has 1 heterocycles. The second-order valence-electron chi connectivity index (χ2n) is 5.80. The van der Waals surface area contributed by atoms with Crippen LogP contribution in [0.4, 0.5) is 11.6 Å². The average molecular weight is 313 g/mol. The fourth-order valence-corrected chi connectivity index (χ4v) is 2.08. The van der Waals surface area contributed by atoms with Gasteiger partial charge in [-0.15, -0.1) is 0 Å². The maximum atomic E-state index is 12.2. The molecule has 0 atom stereocenters. The van der Waals surface area contributed by atoms with E-state index in [4.69, 9.17) is 0 Å². The van der Waals surface area contributed by atoms with Gasteiger partial charge in [0.05, 0.1) is 5.56 Å². The van der Waals surface area contributed by atoms with Crippen LogP contribution in [0.25, 0.3) is 0 Å². The van der Waals surface area contributed by atoms with Crippen molar-refractivity contribution in [2.24, 2.45) is 0 Å². The van der Waals surface area contributed by atoms with Gasteiger partial charge >= 0.3 is 0 Å². The molecule has 0 radical (unpaired) electrons. The van der Waals surface area contributed by atoms with E-state index in [2.05, 4.69) is 25.5 Å². The highest BCUT2D eigenvalue weighted by Gasteiger charge is 2.09. The SMILES string of the molecule is Cc1ccc(NC(=O)c2cnc(NCCN(C)C)nc2)c(C)c1. The van der Waals surface area contributed by atoms with Crippen molar-refractivity contribution in [2.75, 3.05) is 37.8 Å². The van der Waals surface area contributed by atoms with Crippen LogP contribution < -0.4 is 10.6 Å². The lowest BCUT2D eigenvalue weighted by atomic mass is 10.1. The van der Waals surface area contributed by atoms with E-state index in [0.717, 1.165) is 29.9 Å². The van der Waals surface area contributed by atoms with Gasteiger partial charge < -0.3 is 15.5 Å². The van der Waals surface area contributed by atoms with Crippen molar-refractivity contribution in [3.8, 4) is 0 Å². The second kappa shape index (κ2) is 7.69. The van der Waals surface area contributed by atoms with Crippen LogP contribution in [0.3, 0.4) is 0 Å². The number of aromatic nitrogens is 2. The molecule has 0 aliphatic rings. The van der Waals surface area contributed by atoms with Gasteiger partial charge in [0.1, 0.15) is 0 Å². The molecule has 0 spiro atoms. The Morgan fingerprint density at radius 1 is 1.17 bits per heavy atom. The van der Waals surface area contributed by atoms with Crippen molar-refractivity contribution in [1.29, 1.82) is 0 Å². The fraction of sp³-hybridized carbons (Fsp3) is 0.353. The predicted molar refractivity (Wildman–Crippen MR) is 92.9 cm³/mol. The lowest BCUT2D eigenvalue weighted by molar-refractivity contribution is 0.102. The summed E-state index contributed by atoms with van der Waals surface area (Å²) in [5.74, 6) is 0.312. The minimum Gasteiger partial charge on any atom is -0.353 e. The summed E-state index contributed by atoms with van der Waals surface area (Å²) in [6, 6.07) is 5.90. The number of anilines is 2. The van der Waals surface area contributed by atoms with Crippen molar-refractivity contribution < 1.29 is 4.79 Å². The van der Waals surface area contributed by atoms with E-state index in [0.29, 0.717) is 11.5 Å². The molecule has 1 aromatic heterocycles. The highest BCUT2D eigenvalue weighted by Crippen LogP contribution is 2.17. The monoisotopic (exact) mass is 313 g/mol. The fourth-order valence-electron chi connectivity index (χ4n) is 2.08. The summed E-state index contributed by atoms with van der Waals surface area (Å²) in [5, 5.41) is 6.00. The Balaban J connectivity index is 1.97. The Morgan fingerprint density at radius 2 is 1.87 bits per heavy atom. The molecule has 0 unspecified atom stereocenters. The van der Waals surface area contributed by atoms with Crippen LogP contribution in [0.1, 0.15) is 21.5 Å². The molecule has 0 fully saturated rings. The van der Waals surface area contributed by atoms with Crippen LogP contribution in [0, 0.1) is 13.8 Å². The number of hydrogen-bond donors (Lipinski definition) is 2. The van der Waals surface area contributed by atoms with Crippen LogP contribution in [0.5, 0.6) is 0 Å². The predicted octanol–water partition coefficient (Wildman–Crippen LogP) is 2.32. The molecule has 2 aromatic rings. The van der Waals surface area contributed by atoms with Gasteiger partial charge in [0.25, 0.3) is 5.91 Å². The van der Waals surface area contributed by atoms with Gasteiger partial charge in [-0.05, 0) is 39.6 Å². The summed E-state index contributed by atoms with van der Waals surface area (Å²) in [6.07, 6.45) is 3.06. The second-order valence-corrected chi connectivity index (χ2v) is 5.80. The first-order valence-electron chi connectivity index (χ1n) is 7.55. The maximum Gasteiger partial charge on any atom is 0.258 e. The first-order valence-corrected chi connectivity index (χ1v) is 7.55. The van der Waals surface area contributed by atoms with Crippen LogP contribution in [-0.2, 0) is 0 Å². The number of nitrogens with zero attached hydrogens (tertiary/aromatic N) is 3. The van der Waals surface area contributed by atoms with Gasteiger partial charge in [-0.2, -0.15) is 0 Å². The van der Waals surface area contributed by atoms with E-state index >= 15 is 0 Å². The van der Waals surface area contributed by atoms with Gasteiger partial charge in [0.15, 0.2) is 0 Å². The molecule has 6 heteroatoms. The lowest BCUT2D eigenvalue weighted by Crippen LogP contribution is -2.21. The molecule has 6 nitrogen and oxygen atoms in total. The van der Waals surface area contributed by atoms with E-state index in [9.17, 15) is 4.79 Å². The Kier molecular flexibility index (Phi) is 5.65. The number of carbonyl (C=O) groups excluding carboxylic acids is 1. The number of likely N-dealkylation sites (N-methyl/N-ethyl adjacent to an activating group) is 1. The van der Waals surface area contributed by atoms with E-state index in [-0.39, 0.29) is 5.91 Å². The Labute approximate surface area is 137 Å². The molecule has 122 valence electrons. The molecule has 0 saturated carbocycles. The van der Waals surface area contributed by atoms with Crippen molar-refractivity contribution >= 4 is 17.5 Å². The zero-order valence-corrected chi connectivity index (χ0v) is 14.1. The van der Waals surface area contributed by atoms with Gasteiger partial charge in [0, 0.05) is 31.2 Å². The Morgan fingerprint density at radius 3 is 2.48 bits per heavy atom. The van der Waals surface area contributed by atoms with Crippen molar-refractivity contribution in [2.45, 2.75) is 13.8 Å². The minimum atomic E-state index is -0.211. The summed E-state index contributed by atoms with van der Waals surface area (Å²) in [6.45, 7) is 5.63. The normalized spacial score (nSPS) is 10.7. The Bertz CT molecular complexity index is 667. The third-order valence-electron chi connectivity index (χ3n) is 3.39. The highest BCUT2D eigenvalue weighted by molar-refractivity contribution is 6.04. The zero-order chi connectivity index (χ0) is 16.8. The lowest BCUT2D eigenvalue weighted by Gasteiger charge is -2.11. The molecule has 23 heavy (non-hydrogen) atoms. The minimum absolute atomic E-state index is 0.211. The van der Waals surface area contributed by atoms with Gasteiger partial charge in [-0.3, -0.25) is 4.79 Å². The molecule has 1 amide bonds. The van der Waals surface area contributed by atoms with Crippen LogP contribution >= 0.6 is 0 Å². The molecular formula is C17H23N5O. The molecule has 0 aliphatic carbocycles. The third-order valence-corrected chi connectivity index (χ3v) is 3.39.